The van der Waals surface area contributed by atoms with Crippen LogP contribution in [0.4, 0.5) is 0 Å². The zero-order chi connectivity index (χ0) is 17.1. The molecule has 4 heteroatoms. The number of H-pyrrole nitrogens is 1. The van der Waals surface area contributed by atoms with Gasteiger partial charge in [-0.1, -0.05) is 13.8 Å². The maximum Gasteiger partial charge on any atom is 0.255 e. The highest BCUT2D eigenvalue weighted by Gasteiger charge is 2.25. The van der Waals surface area contributed by atoms with E-state index in [9.17, 15) is 4.79 Å². The van der Waals surface area contributed by atoms with Crippen LogP contribution in [0.5, 0.6) is 5.75 Å². The molecule has 0 unspecified atom stereocenters. The van der Waals surface area contributed by atoms with Crippen LogP contribution in [-0.2, 0) is 0 Å². The van der Waals surface area contributed by atoms with Crippen LogP contribution in [0.25, 0.3) is 10.8 Å². The van der Waals surface area contributed by atoms with Crippen molar-refractivity contribution in [3.8, 4) is 5.75 Å². The minimum absolute atomic E-state index is 0.0399. The van der Waals surface area contributed by atoms with Gasteiger partial charge in [-0.05, 0) is 74.8 Å². The number of aromatic amines is 1. The molecule has 2 aromatic rings. The molecule has 0 aliphatic heterocycles. The number of ether oxygens (including phenoxy) is 1. The quantitative estimate of drug-likeness (QED) is 0.906. The number of aromatic nitrogens is 1. The molecule has 0 spiro atoms. The second-order valence-corrected chi connectivity index (χ2v) is 6.78. The second kappa shape index (κ2) is 7.39. The number of fused-ring (bicyclic) bond motifs is 1. The van der Waals surface area contributed by atoms with E-state index in [0.29, 0.717) is 6.04 Å². The fraction of sp³-hybridized carbons (Fsp3) is 0.550. The lowest BCUT2D eigenvalue weighted by Gasteiger charge is -2.36. The van der Waals surface area contributed by atoms with E-state index in [0.717, 1.165) is 48.0 Å². The summed E-state index contributed by atoms with van der Waals surface area (Å²) in [5.74, 6) is 0.916. The van der Waals surface area contributed by atoms with Crippen LogP contribution in [0.3, 0.4) is 0 Å². The molecular weight excluding hydrogens is 300 g/mol. The van der Waals surface area contributed by atoms with E-state index in [1.54, 1.807) is 6.20 Å². The molecule has 1 aliphatic rings. The third-order valence-corrected chi connectivity index (χ3v) is 5.34. The summed E-state index contributed by atoms with van der Waals surface area (Å²) >= 11 is 0. The fourth-order valence-corrected chi connectivity index (χ4v) is 3.90. The average Bonchev–Trinajstić information content (AvgIpc) is 2.59. The van der Waals surface area contributed by atoms with Gasteiger partial charge >= 0.3 is 0 Å². The predicted octanol–water partition coefficient (Wildman–Crippen LogP) is 3.87. The number of hydrogen-bond acceptors (Lipinski definition) is 3. The summed E-state index contributed by atoms with van der Waals surface area (Å²) in [4.78, 5) is 17.2. The zero-order valence-electron chi connectivity index (χ0n) is 15.0. The lowest BCUT2D eigenvalue weighted by molar-refractivity contribution is 0.0930. The number of hydrogen-bond donors (Lipinski definition) is 1. The van der Waals surface area contributed by atoms with Crippen molar-refractivity contribution in [1.29, 1.82) is 0 Å². The molecule has 1 aliphatic carbocycles. The Balaban J connectivity index is 1.70. The van der Waals surface area contributed by atoms with Crippen molar-refractivity contribution in [3.63, 3.8) is 0 Å². The Morgan fingerprint density at radius 2 is 1.88 bits per heavy atom. The second-order valence-electron chi connectivity index (χ2n) is 6.78. The first-order valence-electron chi connectivity index (χ1n) is 9.15. The third kappa shape index (κ3) is 3.48. The molecule has 1 saturated carbocycles. The summed E-state index contributed by atoms with van der Waals surface area (Å²) < 4.78 is 6.30. The van der Waals surface area contributed by atoms with Crippen molar-refractivity contribution in [2.75, 3.05) is 13.1 Å². The lowest BCUT2D eigenvalue weighted by Crippen LogP contribution is -2.39. The number of rotatable bonds is 5. The van der Waals surface area contributed by atoms with Crippen LogP contribution >= 0.6 is 0 Å². The van der Waals surface area contributed by atoms with Gasteiger partial charge in [0.2, 0.25) is 0 Å². The molecule has 1 N–H and O–H groups in total. The SMILES string of the molecule is CCN(CC)C1CCC(Oc2cc3cc[nH]c(=O)c3cc2C)CC1. The van der Waals surface area contributed by atoms with E-state index in [1.165, 1.54) is 12.8 Å². The normalized spacial score (nSPS) is 21.3. The van der Waals surface area contributed by atoms with Gasteiger partial charge in [0, 0.05) is 17.6 Å². The number of nitrogens with zero attached hydrogens (tertiary/aromatic N) is 1. The van der Waals surface area contributed by atoms with Gasteiger partial charge in [0.05, 0.1) is 6.10 Å². The summed E-state index contributed by atoms with van der Waals surface area (Å²) in [6, 6.07) is 6.58. The van der Waals surface area contributed by atoms with Gasteiger partial charge < -0.3 is 14.6 Å². The molecule has 0 amide bonds. The first-order valence-corrected chi connectivity index (χ1v) is 9.15. The molecule has 1 fully saturated rings. The van der Waals surface area contributed by atoms with Crippen molar-refractivity contribution in [2.45, 2.75) is 58.6 Å². The van der Waals surface area contributed by atoms with Crippen molar-refractivity contribution in [2.24, 2.45) is 0 Å². The molecule has 0 radical (unpaired) electrons. The Morgan fingerprint density at radius 1 is 1.17 bits per heavy atom. The molecule has 3 rings (SSSR count). The molecule has 130 valence electrons. The van der Waals surface area contributed by atoms with Crippen molar-refractivity contribution < 1.29 is 4.74 Å². The van der Waals surface area contributed by atoms with Crippen molar-refractivity contribution >= 4 is 10.8 Å². The van der Waals surface area contributed by atoms with E-state index < -0.39 is 0 Å². The van der Waals surface area contributed by atoms with E-state index in [2.05, 4.69) is 23.7 Å². The van der Waals surface area contributed by atoms with Crippen LogP contribution in [0.15, 0.2) is 29.2 Å². The minimum atomic E-state index is -0.0399. The van der Waals surface area contributed by atoms with E-state index in [4.69, 9.17) is 4.74 Å². The van der Waals surface area contributed by atoms with Crippen LogP contribution in [-0.4, -0.2) is 35.1 Å². The zero-order valence-corrected chi connectivity index (χ0v) is 15.0. The smallest absolute Gasteiger partial charge is 0.255 e. The van der Waals surface area contributed by atoms with Crippen LogP contribution < -0.4 is 10.3 Å². The van der Waals surface area contributed by atoms with Crippen molar-refractivity contribution in [1.82, 2.24) is 9.88 Å². The first-order chi connectivity index (χ1) is 11.6. The molecule has 0 bridgehead atoms. The van der Waals surface area contributed by atoms with E-state index >= 15 is 0 Å². The molecule has 0 saturated heterocycles. The third-order valence-electron chi connectivity index (χ3n) is 5.34. The summed E-state index contributed by atoms with van der Waals surface area (Å²) in [5.41, 5.74) is 0.993. The van der Waals surface area contributed by atoms with Gasteiger partial charge in [0.1, 0.15) is 5.75 Å². The molecule has 1 aromatic carbocycles. The van der Waals surface area contributed by atoms with Crippen LogP contribution in [0.1, 0.15) is 45.1 Å². The molecule has 0 atom stereocenters. The van der Waals surface area contributed by atoms with Crippen molar-refractivity contribution in [3.05, 3.63) is 40.3 Å². The fourth-order valence-electron chi connectivity index (χ4n) is 3.90. The Morgan fingerprint density at radius 3 is 2.54 bits per heavy atom. The highest BCUT2D eigenvalue weighted by molar-refractivity contribution is 5.83. The summed E-state index contributed by atoms with van der Waals surface area (Å²) in [5, 5.41) is 1.67. The van der Waals surface area contributed by atoms with Gasteiger partial charge in [0.25, 0.3) is 5.56 Å². The van der Waals surface area contributed by atoms with E-state index in [1.807, 2.05) is 25.1 Å². The Labute approximate surface area is 143 Å². The maximum absolute atomic E-state index is 11.9. The van der Waals surface area contributed by atoms with Gasteiger partial charge in [-0.15, -0.1) is 0 Å². The molecule has 4 nitrogen and oxygen atoms in total. The van der Waals surface area contributed by atoms with Crippen LogP contribution in [0.2, 0.25) is 0 Å². The Kier molecular flexibility index (Phi) is 5.24. The standard InChI is InChI=1S/C20H28N2O2/c1-4-22(5-2)16-6-8-17(9-7-16)24-19-13-15-10-11-21-20(23)18(15)12-14(19)3/h10-13,16-17H,4-9H2,1-3H3,(H,21,23). The van der Waals surface area contributed by atoms with Crippen LogP contribution in [0, 0.1) is 6.92 Å². The summed E-state index contributed by atoms with van der Waals surface area (Å²) in [6.45, 7) is 8.76. The largest absolute Gasteiger partial charge is 0.490 e. The highest BCUT2D eigenvalue weighted by Crippen LogP contribution is 2.30. The first kappa shape index (κ1) is 17.0. The number of pyridine rings is 1. The Bertz CT molecular complexity index is 741. The average molecular weight is 328 g/mol. The molecule has 1 heterocycles. The van der Waals surface area contributed by atoms with E-state index in [-0.39, 0.29) is 11.7 Å². The van der Waals surface area contributed by atoms with Gasteiger partial charge in [-0.25, -0.2) is 0 Å². The minimum Gasteiger partial charge on any atom is -0.490 e. The topological polar surface area (TPSA) is 45.3 Å². The Hall–Kier alpha value is -1.81. The number of nitrogens with one attached hydrogen (secondary N) is 1. The summed E-state index contributed by atoms with van der Waals surface area (Å²) in [7, 11) is 0. The number of aryl methyl sites for hydroxylation is 1. The van der Waals surface area contributed by atoms with Gasteiger partial charge in [-0.2, -0.15) is 0 Å². The van der Waals surface area contributed by atoms with Gasteiger partial charge in [-0.3, -0.25) is 4.79 Å². The van der Waals surface area contributed by atoms with Gasteiger partial charge in [0.15, 0.2) is 0 Å². The summed E-state index contributed by atoms with van der Waals surface area (Å²) in [6.07, 6.45) is 6.60. The number of benzene rings is 1. The maximum atomic E-state index is 11.9. The highest BCUT2D eigenvalue weighted by atomic mass is 16.5. The molecular formula is C20H28N2O2. The lowest BCUT2D eigenvalue weighted by atomic mass is 9.91. The predicted molar refractivity (Wildman–Crippen MR) is 98.9 cm³/mol. The monoisotopic (exact) mass is 328 g/mol. The molecule has 24 heavy (non-hydrogen) atoms. The molecule has 1 aromatic heterocycles.